The molecular weight excluding hydrogens is 631 g/mol. The van der Waals surface area contributed by atoms with Gasteiger partial charge in [-0.3, -0.25) is 13.8 Å². The van der Waals surface area contributed by atoms with Gasteiger partial charge in [0, 0.05) is 43.2 Å². The van der Waals surface area contributed by atoms with Gasteiger partial charge in [0.25, 0.3) is 10.9 Å². The van der Waals surface area contributed by atoms with Gasteiger partial charge in [0.15, 0.2) is 5.75 Å². The summed E-state index contributed by atoms with van der Waals surface area (Å²) in [4.78, 5) is 29.2. The van der Waals surface area contributed by atoms with Crippen LogP contribution in [0.4, 0.5) is 5.69 Å². The summed E-state index contributed by atoms with van der Waals surface area (Å²) in [5.41, 5.74) is 1.12. The van der Waals surface area contributed by atoms with E-state index in [9.17, 15) is 18.9 Å². The molecule has 1 aromatic rings. The van der Waals surface area contributed by atoms with E-state index in [0.717, 1.165) is 63.5 Å². The highest BCUT2D eigenvalue weighted by molar-refractivity contribution is 8.00. The molecule has 0 spiro atoms. The average molecular weight is 696 g/mol. The molecule has 0 amide bonds. The molecule has 7 rings (SSSR count). The van der Waals surface area contributed by atoms with E-state index >= 15 is 0 Å². The number of nitrogens with one attached hydrogen (secondary N) is 1. The third-order valence-corrected chi connectivity index (χ3v) is 18.8. The Bertz CT molecular complexity index is 1650. The molecule has 49 heavy (non-hydrogen) atoms. The molecule has 0 radical (unpaired) electrons. The number of anilines is 1. The molecular formula is C41H65N3O4S. The van der Waals surface area contributed by atoms with Gasteiger partial charge in [-0.15, -0.1) is 0 Å². The number of hydrogen-bond donors (Lipinski definition) is 2. The van der Waals surface area contributed by atoms with E-state index in [0.29, 0.717) is 41.5 Å². The molecule has 0 unspecified atom stereocenters. The van der Waals surface area contributed by atoms with Crippen LogP contribution in [0.5, 0.6) is 5.75 Å². The van der Waals surface area contributed by atoms with Crippen LogP contribution in [0, 0.1) is 51.2 Å². The molecule has 0 aromatic heterocycles. The van der Waals surface area contributed by atoms with Crippen LogP contribution in [0.3, 0.4) is 0 Å². The first-order chi connectivity index (χ1) is 22.9. The summed E-state index contributed by atoms with van der Waals surface area (Å²) >= 11 is 0. The Morgan fingerprint density at radius 2 is 1.61 bits per heavy atom. The van der Waals surface area contributed by atoms with E-state index in [2.05, 4.69) is 69.1 Å². The quantitative estimate of drug-likeness (QED) is 0.153. The fourth-order valence-corrected chi connectivity index (χ4v) is 15.5. The lowest BCUT2D eigenvalue weighted by molar-refractivity contribution is -0.227. The molecule has 6 fully saturated rings. The summed E-state index contributed by atoms with van der Waals surface area (Å²) in [5.74, 6) is 8.10. The third-order valence-electron chi connectivity index (χ3n) is 16.9. The van der Waals surface area contributed by atoms with E-state index in [1.165, 1.54) is 50.5 Å². The fourth-order valence-electron chi connectivity index (χ4n) is 14.1. The van der Waals surface area contributed by atoms with Crippen LogP contribution < -0.4 is 21.1 Å². The lowest BCUT2D eigenvalue weighted by atomic mass is 9.33. The van der Waals surface area contributed by atoms with Gasteiger partial charge in [-0.1, -0.05) is 32.9 Å². The summed E-state index contributed by atoms with van der Waals surface area (Å²) in [6.07, 6.45) is 12.2. The zero-order valence-corrected chi connectivity index (χ0v) is 32.3. The standard InChI is InChI=1S/C41H65N3O4S/c1-27(2)28-12-15-41(26-42-19-9-20-43-22-24-49(8,48)25-23-43)17-16-39(6)29(32(28)41)10-11-31-38(5)18-21-44(33-34(45)36(47)35(33)46)37(3,4)30(38)13-14-40(31,39)7/h28-32,42,45H,1,8-26H2,2-7H3/t28-,29+,30-,31+,32+,38-,39+,40+,41+/m0/s1. The molecule has 2 saturated heterocycles. The van der Waals surface area contributed by atoms with Crippen LogP contribution in [-0.2, 0) is 9.52 Å². The van der Waals surface area contributed by atoms with Gasteiger partial charge in [0.1, 0.15) is 5.69 Å². The number of piperidine rings is 1. The van der Waals surface area contributed by atoms with Gasteiger partial charge in [0.2, 0.25) is 0 Å². The molecule has 4 aliphatic carbocycles. The topological polar surface area (TPSA) is 89.9 Å². The summed E-state index contributed by atoms with van der Waals surface area (Å²) in [5, 5.41) is 14.4. The van der Waals surface area contributed by atoms with E-state index in [4.69, 9.17) is 0 Å². The molecule has 0 bridgehead atoms. The highest BCUT2D eigenvalue weighted by Crippen LogP contribution is 2.76. The predicted molar refractivity (Wildman–Crippen MR) is 204 cm³/mol. The highest BCUT2D eigenvalue weighted by Gasteiger charge is 2.71. The van der Waals surface area contributed by atoms with Crippen molar-refractivity contribution in [2.75, 3.05) is 55.7 Å². The maximum Gasteiger partial charge on any atom is 0.271 e. The first kappa shape index (κ1) is 35.7. The zero-order valence-electron chi connectivity index (χ0n) is 31.5. The van der Waals surface area contributed by atoms with Crippen molar-refractivity contribution >= 4 is 21.1 Å². The highest BCUT2D eigenvalue weighted by atomic mass is 32.2. The van der Waals surface area contributed by atoms with Crippen LogP contribution in [0.25, 0.3) is 0 Å². The van der Waals surface area contributed by atoms with E-state index in [1.807, 2.05) is 0 Å². The van der Waals surface area contributed by atoms with E-state index in [-0.39, 0.29) is 33.2 Å². The van der Waals surface area contributed by atoms with Crippen molar-refractivity contribution in [2.45, 2.75) is 111 Å². The Hall–Kier alpha value is -1.64. The first-order valence-electron chi connectivity index (χ1n) is 19.6. The molecule has 7 nitrogen and oxygen atoms in total. The Kier molecular flexibility index (Phi) is 8.72. The van der Waals surface area contributed by atoms with Gasteiger partial charge in [0.05, 0.1) is 0 Å². The van der Waals surface area contributed by atoms with Gasteiger partial charge < -0.3 is 20.2 Å². The van der Waals surface area contributed by atoms with Crippen LogP contribution in [0.15, 0.2) is 21.7 Å². The second-order valence-corrected chi connectivity index (χ2v) is 22.0. The zero-order chi connectivity index (χ0) is 35.4. The lowest BCUT2D eigenvalue weighted by Gasteiger charge is -2.73. The summed E-state index contributed by atoms with van der Waals surface area (Å²) < 4.78 is 12.3. The monoisotopic (exact) mass is 695 g/mol. The number of hydrogen-bond acceptors (Lipinski definition) is 7. The molecule has 1 aromatic carbocycles. The van der Waals surface area contributed by atoms with Crippen LogP contribution in [-0.4, -0.2) is 76.4 Å². The van der Waals surface area contributed by atoms with Crippen LogP contribution >= 0.6 is 0 Å². The molecule has 2 N–H and O–H groups in total. The van der Waals surface area contributed by atoms with Gasteiger partial charge in [-0.2, -0.15) is 0 Å². The largest absolute Gasteiger partial charge is 0.502 e. The minimum absolute atomic E-state index is 0.145. The molecule has 2 heterocycles. The maximum atomic E-state index is 12.6. The van der Waals surface area contributed by atoms with E-state index in [1.54, 1.807) is 0 Å². The number of allylic oxidation sites excluding steroid dienone is 1. The van der Waals surface area contributed by atoms with Crippen molar-refractivity contribution in [1.29, 1.82) is 0 Å². The maximum absolute atomic E-state index is 12.6. The minimum Gasteiger partial charge on any atom is -0.502 e. The average Bonchev–Trinajstić information content (AvgIpc) is 3.43. The Morgan fingerprint density at radius 1 is 0.898 bits per heavy atom. The smallest absolute Gasteiger partial charge is 0.271 e. The second-order valence-electron chi connectivity index (χ2n) is 19.2. The summed E-state index contributed by atoms with van der Waals surface area (Å²) in [6.45, 7) is 25.2. The number of aromatic hydroxyl groups is 1. The van der Waals surface area contributed by atoms with E-state index < -0.39 is 20.4 Å². The van der Waals surface area contributed by atoms with Crippen molar-refractivity contribution in [3.8, 4) is 5.75 Å². The number of nitrogens with zero attached hydrogens (tertiary/aromatic N) is 2. The SMILES string of the molecule is C=C(C)[C@@H]1CC[C@]2(CNCCCN3CCS(=C)(=O)CC3)CC[C@]3(C)[C@H](CC[C@@H]4[C@@]5(C)CCN(c6c(O)c(=O)c6=O)C(C)(C)[C@@H]5CC[C@]43C)[C@@H]12. The van der Waals surface area contributed by atoms with Crippen molar-refractivity contribution in [1.82, 2.24) is 10.2 Å². The number of fused-ring (bicyclic) bond motifs is 7. The molecule has 9 atom stereocenters. The first-order valence-corrected chi connectivity index (χ1v) is 21.7. The Balaban J connectivity index is 1.09. The van der Waals surface area contributed by atoms with Crippen molar-refractivity contribution in [3.05, 3.63) is 32.6 Å². The van der Waals surface area contributed by atoms with Crippen molar-refractivity contribution < 1.29 is 9.32 Å². The third kappa shape index (κ3) is 5.21. The summed E-state index contributed by atoms with van der Waals surface area (Å²) in [7, 11) is -1.84. The molecule has 8 heteroatoms. The van der Waals surface area contributed by atoms with Crippen molar-refractivity contribution in [3.63, 3.8) is 0 Å². The normalized spacial score (nSPS) is 43.0. The number of rotatable bonds is 8. The molecule has 2 aliphatic heterocycles. The molecule has 274 valence electrons. The minimum atomic E-state index is -1.84. The Labute approximate surface area is 296 Å². The molecule has 4 saturated carbocycles. The lowest BCUT2D eigenvalue weighted by Crippen LogP contribution is -2.70. The van der Waals surface area contributed by atoms with Gasteiger partial charge in [-0.05, 0) is 165 Å². The van der Waals surface area contributed by atoms with Crippen LogP contribution in [0.1, 0.15) is 106 Å². The van der Waals surface area contributed by atoms with Gasteiger partial charge in [-0.25, -0.2) is 0 Å². The Morgan fingerprint density at radius 3 is 2.29 bits per heavy atom. The van der Waals surface area contributed by atoms with Crippen LogP contribution in [0.2, 0.25) is 0 Å². The predicted octanol–water partition coefficient (Wildman–Crippen LogP) is 5.83. The summed E-state index contributed by atoms with van der Waals surface area (Å²) in [6, 6.07) is 0. The molecule has 6 aliphatic rings. The van der Waals surface area contributed by atoms with Crippen molar-refractivity contribution in [2.24, 2.45) is 51.2 Å². The van der Waals surface area contributed by atoms with Gasteiger partial charge >= 0.3 is 0 Å². The second kappa shape index (κ2) is 11.9. The fraction of sp³-hybridized carbons (Fsp3) is 0.829.